The molecule has 0 aliphatic rings. The number of halogens is 2. The van der Waals surface area contributed by atoms with Crippen LogP contribution in [0.1, 0.15) is 10.4 Å². The molecule has 0 unspecified atom stereocenters. The molecule has 0 bridgehead atoms. The van der Waals surface area contributed by atoms with Crippen molar-refractivity contribution in [3.8, 4) is 5.75 Å². The molecule has 5 nitrogen and oxygen atoms in total. The second-order valence-corrected chi connectivity index (χ2v) is 5.57. The van der Waals surface area contributed by atoms with E-state index in [1.165, 1.54) is 18.3 Å². The molecule has 0 aliphatic carbocycles. The minimum Gasteiger partial charge on any atom is -0.495 e. The molecule has 0 aliphatic heterocycles. The maximum Gasteiger partial charge on any atom is 0.257 e. The van der Waals surface area contributed by atoms with E-state index >= 15 is 0 Å². The number of carbonyl (C=O) groups is 1. The quantitative estimate of drug-likeness (QED) is 0.829. The van der Waals surface area contributed by atoms with Crippen molar-refractivity contribution in [3.05, 3.63) is 55.3 Å². The van der Waals surface area contributed by atoms with Crippen LogP contribution in [0.25, 0.3) is 0 Å². The Balaban J connectivity index is 2.27. The highest BCUT2D eigenvalue weighted by Crippen LogP contribution is 2.34. The van der Waals surface area contributed by atoms with Crippen LogP contribution in [0.15, 0.2) is 44.2 Å². The number of aromatic amines is 1. The third kappa shape index (κ3) is 3.29. The van der Waals surface area contributed by atoms with Crippen molar-refractivity contribution in [1.82, 2.24) is 4.98 Å². The summed E-state index contributed by atoms with van der Waals surface area (Å²) in [6.45, 7) is 0. The number of anilines is 1. The van der Waals surface area contributed by atoms with Gasteiger partial charge in [0.1, 0.15) is 5.75 Å². The number of hydrogen-bond donors (Lipinski definition) is 2. The zero-order chi connectivity index (χ0) is 14.7. The third-order valence-corrected chi connectivity index (χ3v) is 3.81. The summed E-state index contributed by atoms with van der Waals surface area (Å²) in [6.07, 6.45) is 1.36. The predicted molar refractivity (Wildman–Crippen MR) is 83.4 cm³/mol. The van der Waals surface area contributed by atoms with Crippen LogP contribution in [0.4, 0.5) is 5.69 Å². The number of amides is 1. The van der Waals surface area contributed by atoms with Crippen molar-refractivity contribution in [3.63, 3.8) is 0 Å². The fraction of sp³-hybridized carbons (Fsp3) is 0.0769. The average Bonchev–Trinajstić information content (AvgIpc) is 2.42. The highest BCUT2D eigenvalue weighted by molar-refractivity contribution is 9.11. The normalized spacial score (nSPS) is 10.2. The minimum absolute atomic E-state index is 0.256. The van der Waals surface area contributed by atoms with Gasteiger partial charge in [-0.3, -0.25) is 9.59 Å². The molecule has 20 heavy (non-hydrogen) atoms. The zero-order valence-electron chi connectivity index (χ0n) is 10.4. The highest BCUT2D eigenvalue weighted by Gasteiger charge is 2.11. The molecule has 1 aromatic heterocycles. The number of benzene rings is 1. The number of pyridine rings is 1. The summed E-state index contributed by atoms with van der Waals surface area (Å²) >= 11 is 6.72. The maximum atomic E-state index is 12.1. The standard InChI is InChI=1S/C13H10Br2N2O3/c1-20-11-5-10(8(14)4-9(11)15)17-13(19)7-2-3-12(18)16-6-7/h2-6H,1H3,(H,16,18)(H,17,19). The van der Waals surface area contributed by atoms with Crippen molar-refractivity contribution < 1.29 is 9.53 Å². The van der Waals surface area contributed by atoms with Crippen molar-refractivity contribution in [1.29, 1.82) is 0 Å². The van der Waals surface area contributed by atoms with E-state index in [1.807, 2.05) is 0 Å². The van der Waals surface area contributed by atoms with Crippen molar-refractivity contribution in [2.24, 2.45) is 0 Å². The first-order valence-corrected chi connectivity index (χ1v) is 7.13. The van der Waals surface area contributed by atoms with Gasteiger partial charge in [0.05, 0.1) is 22.8 Å². The molecular weight excluding hydrogens is 392 g/mol. The van der Waals surface area contributed by atoms with E-state index in [2.05, 4.69) is 42.2 Å². The Morgan fingerprint density at radius 1 is 1.25 bits per heavy atom. The van der Waals surface area contributed by atoms with E-state index in [4.69, 9.17) is 4.74 Å². The summed E-state index contributed by atoms with van der Waals surface area (Å²) < 4.78 is 6.66. The van der Waals surface area contributed by atoms with Crippen LogP contribution < -0.4 is 15.6 Å². The van der Waals surface area contributed by atoms with Gasteiger partial charge in [-0.05, 0) is 44.0 Å². The molecule has 1 heterocycles. The summed E-state index contributed by atoms with van der Waals surface area (Å²) in [5.74, 6) is 0.274. The Morgan fingerprint density at radius 3 is 2.60 bits per heavy atom. The van der Waals surface area contributed by atoms with Crippen molar-refractivity contribution in [2.45, 2.75) is 0 Å². The molecule has 104 valence electrons. The van der Waals surface area contributed by atoms with E-state index in [1.54, 1.807) is 19.2 Å². The molecule has 7 heteroatoms. The molecular formula is C13H10Br2N2O3. The Labute approximate surface area is 131 Å². The smallest absolute Gasteiger partial charge is 0.257 e. The van der Waals surface area contributed by atoms with E-state index in [0.29, 0.717) is 21.5 Å². The molecule has 2 N–H and O–H groups in total. The number of methoxy groups -OCH3 is 1. The van der Waals surface area contributed by atoms with Gasteiger partial charge in [-0.2, -0.15) is 0 Å². The van der Waals surface area contributed by atoms with Crippen LogP contribution in [0.3, 0.4) is 0 Å². The number of nitrogens with one attached hydrogen (secondary N) is 2. The summed E-state index contributed by atoms with van der Waals surface area (Å²) in [7, 11) is 1.54. The van der Waals surface area contributed by atoms with Gasteiger partial charge in [-0.25, -0.2) is 0 Å². The summed E-state index contributed by atoms with van der Waals surface area (Å²) in [5, 5.41) is 2.74. The van der Waals surface area contributed by atoms with Crippen molar-refractivity contribution in [2.75, 3.05) is 12.4 Å². The molecule has 0 saturated carbocycles. The van der Waals surface area contributed by atoms with Gasteiger partial charge in [-0.1, -0.05) is 0 Å². The number of aromatic nitrogens is 1. The van der Waals surface area contributed by atoms with Crippen LogP contribution in [-0.4, -0.2) is 18.0 Å². The topological polar surface area (TPSA) is 71.2 Å². The van der Waals surface area contributed by atoms with Gasteiger partial charge in [0, 0.05) is 22.8 Å². The SMILES string of the molecule is COc1cc(NC(=O)c2ccc(=O)[nH]c2)c(Br)cc1Br. The van der Waals surface area contributed by atoms with Gasteiger partial charge in [0.15, 0.2) is 0 Å². The molecule has 1 aromatic carbocycles. The summed E-state index contributed by atoms with van der Waals surface area (Å²) in [5.41, 5.74) is 0.674. The Morgan fingerprint density at radius 2 is 2.00 bits per heavy atom. The first kappa shape index (κ1) is 14.8. The summed E-state index contributed by atoms with van der Waals surface area (Å²) in [4.78, 5) is 25.5. The Kier molecular flexibility index (Phi) is 4.61. The zero-order valence-corrected chi connectivity index (χ0v) is 13.5. The number of carbonyl (C=O) groups excluding carboxylic acids is 1. The van der Waals surface area contributed by atoms with Crippen LogP contribution in [0, 0.1) is 0 Å². The minimum atomic E-state index is -0.327. The molecule has 0 fully saturated rings. The molecule has 0 atom stereocenters. The predicted octanol–water partition coefficient (Wildman–Crippen LogP) is 3.16. The average molecular weight is 402 g/mol. The lowest BCUT2D eigenvalue weighted by Gasteiger charge is -2.11. The molecule has 1 amide bonds. The number of H-pyrrole nitrogens is 1. The Bertz CT molecular complexity index is 693. The first-order chi connectivity index (χ1) is 9.51. The molecule has 0 spiro atoms. The highest BCUT2D eigenvalue weighted by atomic mass is 79.9. The molecule has 2 aromatic rings. The third-order valence-electron chi connectivity index (χ3n) is 2.54. The Hall–Kier alpha value is -1.60. The molecule has 0 radical (unpaired) electrons. The van der Waals surface area contributed by atoms with Crippen LogP contribution in [0.5, 0.6) is 5.75 Å². The number of rotatable bonds is 3. The van der Waals surface area contributed by atoms with Crippen LogP contribution in [0.2, 0.25) is 0 Å². The van der Waals surface area contributed by atoms with Gasteiger partial charge < -0.3 is 15.0 Å². The number of hydrogen-bond acceptors (Lipinski definition) is 3. The fourth-order valence-corrected chi connectivity index (χ4v) is 2.78. The van der Waals surface area contributed by atoms with E-state index < -0.39 is 0 Å². The van der Waals surface area contributed by atoms with Gasteiger partial charge in [-0.15, -0.1) is 0 Å². The monoisotopic (exact) mass is 400 g/mol. The molecule has 2 rings (SSSR count). The second kappa shape index (κ2) is 6.23. The summed E-state index contributed by atoms with van der Waals surface area (Å²) in [6, 6.07) is 6.23. The lowest BCUT2D eigenvalue weighted by molar-refractivity contribution is 0.102. The molecule has 0 saturated heterocycles. The lowest BCUT2D eigenvalue weighted by Crippen LogP contribution is -2.14. The van der Waals surface area contributed by atoms with Crippen LogP contribution >= 0.6 is 31.9 Å². The van der Waals surface area contributed by atoms with Crippen molar-refractivity contribution >= 4 is 43.5 Å². The van der Waals surface area contributed by atoms with E-state index in [0.717, 1.165) is 4.47 Å². The number of ether oxygens (including phenoxy) is 1. The maximum absolute atomic E-state index is 12.1. The lowest BCUT2D eigenvalue weighted by atomic mass is 10.2. The van der Waals surface area contributed by atoms with E-state index in [9.17, 15) is 9.59 Å². The fourth-order valence-electron chi connectivity index (χ4n) is 1.53. The van der Waals surface area contributed by atoms with E-state index in [-0.39, 0.29) is 11.5 Å². The van der Waals surface area contributed by atoms with Crippen LogP contribution in [-0.2, 0) is 0 Å². The largest absolute Gasteiger partial charge is 0.495 e. The van der Waals surface area contributed by atoms with Gasteiger partial charge >= 0.3 is 0 Å². The van der Waals surface area contributed by atoms with Gasteiger partial charge in [0.25, 0.3) is 5.91 Å². The first-order valence-electron chi connectivity index (χ1n) is 5.54. The van der Waals surface area contributed by atoms with Gasteiger partial charge in [0.2, 0.25) is 5.56 Å². The second-order valence-electron chi connectivity index (χ2n) is 3.86.